The first kappa shape index (κ1) is 12.0. The van der Waals surface area contributed by atoms with Crippen LogP contribution in [0.15, 0.2) is 0 Å². The van der Waals surface area contributed by atoms with Gasteiger partial charge in [0.05, 0.1) is 0 Å². The molecule has 1 saturated heterocycles. The monoisotopic (exact) mass is 214 g/mol. The highest BCUT2D eigenvalue weighted by molar-refractivity contribution is 5.83. The van der Waals surface area contributed by atoms with E-state index in [4.69, 9.17) is 10.8 Å². The lowest BCUT2D eigenvalue weighted by Gasteiger charge is -2.26. The molecule has 1 heterocycles. The average molecular weight is 214 g/mol. The largest absolute Gasteiger partial charge is 0.480 e. The molecule has 0 radical (unpaired) electrons. The van der Waals surface area contributed by atoms with Crippen molar-refractivity contribution in [1.29, 1.82) is 0 Å². The predicted octanol–water partition coefficient (Wildman–Crippen LogP) is 0.191. The van der Waals surface area contributed by atoms with Crippen LogP contribution in [0.2, 0.25) is 0 Å². The first-order chi connectivity index (χ1) is 7.16. The van der Waals surface area contributed by atoms with Gasteiger partial charge in [-0.1, -0.05) is 12.8 Å². The number of hydrogen-bond donors (Lipinski definition) is 2. The SMILES string of the molecule is NCCC(=O)N1CCCCCC1C(=O)O. The molecule has 1 atom stereocenters. The van der Waals surface area contributed by atoms with E-state index < -0.39 is 12.0 Å². The van der Waals surface area contributed by atoms with Gasteiger partial charge >= 0.3 is 5.97 Å². The third-order valence-corrected chi connectivity index (χ3v) is 2.72. The molecule has 1 rings (SSSR count). The number of nitrogens with zero attached hydrogens (tertiary/aromatic N) is 1. The summed E-state index contributed by atoms with van der Waals surface area (Å²) in [6, 6.07) is -0.647. The molecule has 1 unspecified atom stereocenters. The Hall–Kier alpha value is -1.10. The van der Waals surface area contributed by atoms with E-state index in [1.807, 2.05) is 0 Å². The summed E-state index contributed by atoms with van der Waals surface area (Å²) in [5.74, 6) is -1.03. The number of carboxylic acids is 1. The number of carbonyl (C=O) groups is 2. The lowest BCUT2D eigenvalue weighted by atomic mass is 10.1. The summed E-state index contributed by atoms with van der Waals surface area (Å²) in [6.07, 6.45) is 3.56. The highest BCUT2D eigenvalue weighted by Gasteiger charge is 2.29. The van der Waals surface area contributed by atoms with Crippen molar-refractivity contribution >= 4 is 11.9 Å². The summed E-state index contributed by atoms with van der Waals surface area (Å²) in [4.78, 5) is 24.1. The number of amides is 1. The van der Waals surface area contributed by atoms with Gasteiger partial charge in [-0.05, 0) is 12.8 Å². The third-order valence-electron chi connectivity index (χ3n) is 2.72. The second kappa shape index (κ2) is 5.70. The van der Waals surface area contributed by atoms with E-state index in [0.717, 1.165) is 19.3 Å². The van der Waals surface area contributed by atoms with E-state index in [9.17, 15) is 9.59 Å². The number of nitrogens with two attached hydrogens (primary N) is 1. The van der Waals surface area contributed by atoms with Crippen LogP contribution >= 0.6 is 0 Å². The molecule has 0 saturated carbocycles. The van der Waals surface area contributed by atoms with Crippen LogP contribution in [0.5, 0.6) is 0 Å². The molecule has 5 nitrogen and oxygen atoms in total. The predicted molar refractivity (Wildman–Crippen MR) is 55.3 cm³/mol. The van der Waals surface area contributed by atoms with Gasteiger partial charge in [0.2, 0.25) is 5.91 Å². The quantitative estimate of drug-likeness (QED) is 0.702. The van der Waals surface area contributed by atoms with Crippen LogP contribution in [0.4, 0.5) is 0 Å². The van der Waals surface area contributed by atoms with Gasteiger partial charge in [-0.25, -0.2) is 4.79 Å². The molecule has 0 aromatic carbocycles. The summed E-state index contributed by atoms with van der Waals surface area (Å²) >= 11 is 0. The topological polar surface area (TPSA) is 83.6 Å². The maximum atomic E-state index is 11.6. The van der Waals surface area contributed by atoms with Crippen molar-refractivity contribution in [2.75, 3.05) is 13.1 Å². The number of likely N-dealkylation sites (tertiary alicyclic amines) is 1. The Kier molecular flexibility index (Phi) is 4.55. The van der Waals surface area contributed by atoms with Crippen LogP contribution in [-0.4, -0.2) is 41.0 Å². The average Bonchev–Trinajstić information content (AvgIpc) is 2.42. The summed E-state index contributed by atoms with van der Waals surface area (Å²) in [5.41, 5.74) is 5.30. The number of aliphatic carboxylic acids is 1. The third kappa shape index (κ3) is 3.20. The highest BCUT2D eigenvalue weighted by atomic mass is 16.4. The lowest BCUT2D eigenvalue weighted by molar-refractivity contribution is -0.150. The molecule has 86 valence electrons. The minimum absolute atomic E-state index is 0.133. The van der Waals surface area contributed by atoms with E-state index in [2.05, 4.69) is 0 Å². The molecule has 1 aliphatic rings. The second-order valence-electron chi connectivity index (χ2n) is 3.83. The van der Waals surface area contributed by atoms with Crippen molar-refractivity contribution in [3.63, 3.8) is 0 Å². The first-order valence-corrected chi connectivity index (χ1v) is 5.39. The van der Waals surface area contributed by atoms with E-state index in [-0.39, 0.29) is 18.9 Å². The van der Waals surface area contributed by atoms with Gasteiger partial charge in [0, 0.05) is 19.5 Å². The minimum atomic E-state index is -0.901. The Morgan fingerprint density at radius 2 is 2.07 bits per heavy atom. The number of carbonyl (C=O) groups excluding carboxylic acids is 1. The highest BCUT2D eigenvalue weighted by Crippen LogP contribution is 2.17. The molecule has 0 aromatic rings. The van der Waals surface area contributed by atoms with Crippen LogP contribution < -0.4 is 5.73 Å². The Labute approximate surface area is 89.2 Å². The van der Waals surface area contributed by atoms with Crippen molar-refractivity contribution in [3.05, 3.63) is 0 Å². The van der Waals surface area contributed by atoms with Gasteiger partial charge in [-0.2, -0.15) is 0 Å². The van der Waals surface area contributed by atoms with Crippen molar-refractivity contribution in [2.24, 2.45) is 5.73 Å². The smallest absolute Gasteiger partial charge is 0.326 e. The number of carboxylic acid groups (broad SMARTS) is 1. The maximum Gasteiger partial charge on any atom is 0.326 e. The van der Waals surface area contributed by atoms with E-state index in [1.165, 1.54) is 4.90 Å². The fraction of sp³-hybridized carbons (Fsp3) is 0.800. The van der Waals surface area contributed by atoms with Crippen LogP contribution in [0.25, 0.3) is 0 Å². The Morgan fingerprint density at radius 1 is 1.33 bits per heavy atom. The van der Waals surface area contributed by atoms with Crippen LogP contribution in [0, 0.1) is 0 Å². The van der Waals surface area contributed by atoms with Crippen molar-refractivity contribution in [3.8, 4) is 0 Å². The van der Waals surface area contributed by atoms with Gasteiger partial charge in [-0.15, -0.1) is 0 Å². The van der Waals surface area contributed by atoms with Crippen molar-refractivity contribution in [1.82, 2.24) is 4.90 Å². The number of hydrogen-bond acceptors (Lipinski definition) is 3. The fourth-order valence-corrected chi connectivity index (χ4v) is 1.93. The van der Waals surface area contributed by atoms with Crippen molar-refractivity contribution in [2.45, 2.75) is 38.1 Å². The van der Waals surface area contributed by atoms with E-state index >= 15 is 0 Å². The molecule has 5 heteroatoms. The summed E-state index contributed by atoms with van der Waals surface area (Å²) in [5, 5.41) is 9.03. The molecule has 3 N–H and O–H groups in total. The summed E-state index contributed by atoms with van der Waals surface area (Å²) in [6.45, 7) is 0.831. The molecule has 1 amide bonds. The standard InChI is InChI=1S/C10H18N2O3/c11-6-5-9(13)12-7-3-1-2-4-8(12)10(14)15/h8H,1-7,11H2,(H,14,15). The van der Waals surface area contributed by atoms with Gasteiger partial charge < -0.3 is 15.7 Å². The zero-order chi connectivity index (χ0) is 11.3. The summed E-state index contributed by atoms with van der Waals surface area (Å²) in [7, 11) is 0. The number of rotatable bonds is 3. The summed E-state index contributed by atoms with van der Waals surface area (Å²) < 4.78 is 0. The zero-order valence-corrected chi connectivity index (χ0v) is 8.82. The van der Waals surface area contributed by atoms with Crippen LogP contribution in [0.1, 0.15) is 32.1 Å². The minimum Gasteiger partial charge on any atom is -0.480 e. The molecule has 1 aliphatic heterocycles. The van der Waals surface area contributed by atoms with Crippen LogP contribution in [0.3, 0.4) is 0 Å². The van der Waals surface area contributed by atoms with Crippen LogP contribution in [-0.2, 0) is 9.59 Å². The molecule has 15 heavy (non-hydrogen) atoms. The molecular weight excluding hydrogens is 196 g/mol. The van der Waals surface area contributed by atoms with Gasteiger partial charge in [0.1, 0.15) is 6.04 Å². The lowest BCUT2D eigenvalue weighted by Crippen LogP contribution is -2.45. The van der Waals surface area contributed by atoms with E-state index in [0.29, 0.717) is 13.0 Å². The molecule has 1 fully saturated rings. The first-order valence-electron chi connectivity index (χ1n) is 5.39. The molecule has 0 bridgehead atoms. The van der Waals surface area contributed by atoms with Gasteiger partial charge in [0.15, 0.2) is 0 Å². The normalized spacial score (nSPS) is 22.2. The Bertz CT molecular complexity index is 243. The maximum absolute atomic E-state index is 11.6. The zero-order valence-electron chi connectivity index (χ0n) is 8.82. The molecule has 0 aliphatic carbocycles. The Morgan fingerprint density at radius 3 is 2.67 bits per heavy atom. The fourth-order valence-electron chi connectivity index (χ4n) is 1.93. The van der Waals surface area contributed by atoms with Gasteiger partial charge in [-0.3, -0.25) is 4.79 Å². The Balaban J connectivity index is 2.69. The molecule has 0 spiro atoms. The molecular formula is C10H18N2O3. The second-order valence-corrected chi connectivity index (χ2v) is 3.83. The van der Waals surface area contributed by atoms with Crippen molar-refractivity contribution < 1.29 is 14.7 Å². The molecule has 0 aromatic heterocycles. The van der Waals surface area contributed by atoms with E-state index in [1.54, 1.807) is 0 Å². The van der Waals surface area contributed by atoms with Gasteiger partial charge in [0.25, 0.3) is 0 Å².